The standard InChI is InChI=1S/C18H30N2O3/c1-18(2,3)23-17(22)19-14-6-8-20(9-7-14)16(21)15-11-12-4-5-13(15)10-12/h12-15H,4-11H2,1-3H3,(H,19,22)/t12-,13-,15+/m0/s1. The number of nitrogens with one attached hydrogen (secondary N) is 1. The number of piperidine rings is 1. The summed E-state index contributed by atoms with van der Waals surface area (Å²) < 4.78 is 5.30. The van der Waals surface area contributed by atoms with E-state index < -0.39 is 5.60 Å². The van der Waals surface area contributed by atoms with Gasteiger partial charge in [0.15, 0.2) is 0 Å². The Morgan fingerprint density at radius 3 is 2.26 bits per heavy atom. The van der Waals surface area contributed by atoms with Gasteiger partial charge in [-0.1, -0.05) is 6.42 Å². The van der Waals surface area contributed by atoms with Crippen molar-refractivity contribution >= 4 is 12.0 Å². The van der Waals surface area contributed by atoms with Crippen molar-refractivity contribution in [2.75, 3.05) is 13.1 Å². The van der Waals surface area contributed by atoms with Crippen LogP contribution in [0.3, 0.4) is 0 Å². The number of rotatable bonds is 2. The molecule has 5 heteroatoms. The predicted octanol–water partition coefficient (Wildman–Crippen LogP) is 2.94. The molecule has 1 aliphatic heterocycles. The van der Waals surface area contributed by atoms with Crippen molar-refractivity contribution in [1.29, 1.82) is 0 Å². The Bertz CT molecular complexity index is 463. The zero-order valence-corrected chi connectivity index (χ0v) is 14.6. The number of likely N-dealkylation sites (tertiary alicyclic amines) is 1. The molecule has 3 rings (SSSR count). The number of carbonyl (C=O) groups excluding carboxylic acids is 2. The lowest BCUT2D eigenvalue weighted by Crippen LogP contribution is -2.49. The minimum atomic E-state index is -0.470. The molecule has 3 atom stereocenters. The molecule has 0 aromatic heterocycles. The largest absolute Gasteiger partial charge is 0.444 e. The average molecular weight is 322 g/mol. The fourth-order valence-corrected chi connectivity index (χ4v) is 4.50. The fraction of sp³-hybridized carbons (Fsp3) is 0.889. The lowest BCUT2D eigenvalue weighted by atomic mass is 9.87. The number of alkyl carbamates (subject to hydrolysis) is 1. The van der Waals surface area contributed by atoms with E-state index in [1.54, 1.807) is 0 Å². The number of fused-ring (bicyclic) bond motifs is 2. The van der Waals surface area contributed by atoms with Crippen molar-refractivity contribution in [3.05, 3.63) is 0 Å². The summed E-state index contributed by atoms with van der Waals surface area (Å²) in [5.74, 6) is 2.10. The summed E-state index contributed by atoms with van der Waals surface area (Å²) >= 11 is 0. The molecule has 2 amide bonds. The molecule has 0 aromatic carbocycles. The quantitative estimate of drug-likeness (QED) is 0.850. The molecule has 0 aromatic rings. The monoisotopic (exact) mass is 322 g/mol. The molecule has 1 saturated heterocycles. The summed E-state index contributed by atoms with van der Waals surface area (Å²) in [5.41, 5.74) is -0.470. The van der Waals surface area contributed by atoms with Crippen LogP contribution in [0.15, 0.2) is 0 Å². The molecule has 3 fully saturated rings. The molecule has 0 radical (unpaired) electrons. The van der Waals surface area contributed by atoms with E-state index in [0.717, 1.165) is 38.3 Å². The van der Waals surface area contributed by atoms with Crippen molar-refractivity contribution in [1.82, 2.24) is 10.2 Å². The number of carbonyl (C=O) groups is 2. The van der Waals surface area contributed by atoms with E-state index in [1.807, 2.05) is 25.7 Å². The van der Waals surface area contributed by atoms with Gasteiger partial charge in [0.05, 0.1) is 0 Å². The van der Waals surface area contributed by atoms with Gasteiger partial charge in [0.25, 0.3) is 0 Å². The van der Waals surface area contributed by atoms with Crippen LogP contribution in [0.5, 0.6) is 0 Å². The highest BCUT2D eigenvalue weighted by molar-refractivity contribution is 5.80. The molecule has 2 aliphatic carbocycles. The van der Waals surface area contributed by atoms with Gasteiger partial charge in [0.1, 0.15) is 5.60 Å². The second-order valence-corrected chi connectivity index (χ2v) is 8.53. The molecule has 1 heterocycles. The number of nitrogens with zero attached hydrogens (tertiary/aromatic N) is 1. The van der Waals surface area contributed by atoms with Crippen LogP contribution >= 0.6 is 0 Å². The van der Waals surface area contributed by atoms with Gasteiger partial charge in [-0.15, -0.1) is 0 Å². The molecule has 5 nitrogen and oxygen atoms in total. The predicted molar refractivity (Wildman–Crippen MR) is 87.9 cm³/mol. The first-order valence-electron chi connectivity index (χ1n) is 9.10. The summed E-state index contributed by atoms with van der Waals surface area (Å²) in [6.07, 6.45) is 6.26. The highest BCUT2D eigenvalue weighted by Gasteiger charge is 2.44. The van der Waals surface area contributed by atoms with Crippen LogP contribution in [0.4, 0.5) is 4.79 Å². The van der Waals surface area contributed by atoms with E-state index in [1.165, 1.54) is 19.3 Å². The third-order valence-corrected chi connectivity index (χ3v) is 5.58. The topological polar surface area (TPSA) is 58.6 Å². The summed E-state index contributed by atoms with van der Waals surface area (Å²) in [7, 11) is 0. The fourth-order valence-electron chi connectivity index (χ4n) is 4.50. The second kappa shape index (κ2) is 6.33. The molecule has 0 spiro atoms. The van der Waals surface area contributed by atoms with Gasteiger partial charge in [0.2, 0.25) is 5.91 Å². The average Bonchev–Trinajstić information content (AvgIpc) is 3.08. The van der Waals surface area contributed by atoms with Crippen molar-refractivity contribution in [2.24, 2.45) is 17.8 Å². The van der Waals surface area contributed by atoms with Crippen LogP contribution in [0.2, 0.25) is 0 Å². The lowest BCUT2D eigenvalue weighted by molar-refractivity contribution is -0.138. The molecule has 23 heavy (non-hydrogen) atoms. The van der Waals surface area contributed by atoms with Gasteiger partial charge >= 0.3 is 6.09 Å². The number of amides is 2. The maximum atomic E-state index is 12.7. The van der Waals surface area contributed by atoms with Gasteiger partial charge < -0.3 is 15.0 Å². The van der Waals surface area contributed by atoms with E-state index in [4.69, 9.17) is 4.74 Å². The first kappa shape index (κ1) is 16.6. The Morgan fingerprint density at radius 2 is 1.74 bits per heavy atom. The number of ether oxygens (including phenoxy) is 1. The van der Waals surface area contributed by atoms with Crippen LogP contribution in [-0.4, -0.2) is 41.6 Å². The molecular weight excluding hydrogens is 292 g/mol. The van der Waals surface area contributed by atoms with E-state index in [-0.39, 0.29) is 18.1 Å². The lowest BCUT2D eigenvalue weighted by Gasteiger charge is -2.35. The summed E-state index contributed by atoms with van der Waals surface area (Å²) in [6, 6.07) is 0.119. The molecule has 3 aliphatic rings. The van der Waals surface area contributed by atoms with Crippen molar-refractivity contribution in [3.63, 3.8) is 0 Å². The minimum absolute atomic E-state index is 0.119. The SMILES string of the molecule is CC(C)(C)OC(=O)NC1CCN(C(=O)[C@@H]2C[C@H]3CC[C@H]2C3)CC1. The van der Waals surface area contributed by atoms with E-state index >= 15 is 0 Å². The van der Waals surface area contributed by atoms with Crippen LogP contribution in [0.25, 0.3) is 0 Å². The van der Waals surface area contributed by atoms with Gasteiger partial charge in [-0.25, -0.2) is 4.79 Å². The Labute approximate surface area is 139 Å². The van der Waals surface area contributed by atoms with Gasteiger partial charge in [-0.2, -0.15) is 0 Å². The summed E-state index contributed by atoms with van der Waals surface area (Å²) in [4.78, 5) is 26.6. The van der Waals surface area contributed by atoms with E-state index in [9.17, 15) is 9.59 Å². The molecule has 0 unspecified atom stereocenters. The summed E-state index contributed by atoms with van der Waals surface area (Å²) in [6.45, 7) is 7.11. The Morgan fingerprint density at radius 1 is 1.04 bits per heavy atom. The number of hydrogen-bond acceptors (Lipinski definition) is 3. The van der Waals surface area contributed by atoms with Crippen LogP contribution in [0, 0.1) is 17.8 Å². The normalized spacial score (nSPS) is 31.3. The van der Waals surface area contributed by atoms with E-state index in [0.29, 0.717) is 11.8 Å². The second-order valence-electron chi connectivity index (χ2n) is 8.53. The molecule has 1 N–H and O–H groups in total. The van der Waals surface area contributed by atoms with E-state index in [2.05, 4.69) is 5.32 Å². The summed E-state index contributed by atoms with van der Waals surface area (Å²) in [5, 5.41) is 2.93. The molecule has 130 valence electrons. The van der Waals surface area contributed by atoms with Crippen LogP contribution in [0.1, 0.15) is 59.3 Å². The molecular formula is C18H30N2O3. The van der Waals surface area contributed by atoms with Crippen molar-refractivity contribution in [2.45, 2.75) is 70.9 Å². The Kier molecular flexibility index (Phi) is 4.56. The van der Waals surface area contributed by atoms with Gasteiger partial charge in [-0.05, 0) is 64.7 Å². The molecule has 2 bridgehead atoms. The molecule has 2 saturated carbocycles. The first-order chi connectivity index (χ1) is 10.8. The smallest absolute Gasteiger partial charge is 0.407 e. The van der Waals surface area contributed by atoms with Crippen LogP contribution < -0.4 is 5.32 Å². The zero-order valence-electron chi connectivity index (χ0n) is 14.6. The third kappa shape index (κ3) is 3.99. The first-order valence-corrected chi connectivity index (χ1v) is 9.10. The van der Waals surface area contributed by atoms with Gasteiger partial charge in [0, 0.05) is 25.0 Å². The Balaban J connectivity index is 1.43. The number of hydrogen-bond donors (Lipinski definition) is 1. The van der Waals surface area contributed by atoms with Crippen LogP contribution in [-0.2, 0) is 9.53 Å². The van der Waals surface area contributed by atoms with Crippen molar-refractivity contribution < 1.29 is 14.3 Å². The highest BCUT2D eigenvalue weighted by atomic mass is 16.6. The Hall–Kier alpha value is -1.26. The third-order valence-electron chi connectivity index (χ3n) is 5.58. The van der Waals surface area contributed by atoms with Crippen molar-refractivity contribution in [3.8, 4) is 0 Å². The maximum absolute atomic E-state index is 12.7. The maximum Gasteiger partial charge on any atom is 0.407 e. The highest BCUT2D eigenvalue weighted by Crippen LogP contribution is 2.49. The zero-order chi connectivity index (χ0) is 16.6. The van der Waals surface area contributed by atoms with Gasteiger partial charge in [-0.3, -0.25) is 4.79 Å². The minimum Gasteiger partial charge on any atom is -0.444 e.